The molecule has 0 aliphatic heterocycles. The Balaban J connectivity index is 2.72. The molecule has 5 heteroatoms. The first kappa shape index (κ1) is 13.9. The van der Waals surface area contributed by atoms with Crippen LogP contribution in [0.25, 0.3) is 0 Å². The molecule has 1 heterocycles. The molecule has 0 aliphatic carbocycles. The summed E-state index contributed by atoms with van der Waals surface area (Å²) in [7, 11) is 0. The van der Waals surface area contributed by atoms with E-state index in [-0.39, 0.29) is 12.2 Å². The van der Waals surface area contributed by atoms with E-state index in [2.05, 4.69) is 10.3 Å². The Hall–Kier alpha value is -1.20. The van der Waals surface area contributed by atoms with E-state index in [4.69, 9.17) is 0 Å². The Morgan fingerprint density at radius 2 is 2.12 bits per heavy atom. The molecule has 1 unspecified atom stereocenters. The summed E-state index contributed by atoms with van der Waals surface area (Å²) in [5.74, 6) is 0. The van der Waals surface area contributed by atoms with Gasteiger partial charge in [0.1, 0.15) is 0 Å². The van der Waals surface area contributed by atoms with Crippen LogP contribution in [0.4, 0.5) is 0 Å². The van der Waals surface area contributed by atoms with Crippen LogP contribution < -0.4 is 11.0 Å². The Labute approximate surface area is 102 Å². The van der Waals surface area contributed by atoms with E-state index >= 15 is 0 Å². The molecule has 96 valence electrons. The van der Waals surface area contributed by atoms with Crippen molar-refractivity contribution in [3.8, 4) is 0 Å². The number of nitrogens with one attached hydrogen (secondary N) is 1. The predicted octanol–water partition coefficient (Wildman–Crippen LogP) is 0.219. The Morgan fingerprint density at radius 3 is 2.65 bits per heavy atom. The predicted molar refractivity (Wildman–Crippen MR) is 67.1 cm³/mol. The third-order valence-electron chi connectivity index (χ3n) is 2.50. The van der Waals surface area contributed by atoms with E-state index < -0.39 is 6.10 Å². The van der Waals surface area contributed by atoms with Crippen LogP contribution in [-0.2, 0) is 6.54 Å². The first-order valence-corrected chi connectivity index (χ1v) is 5.86. The van der Waals surface area contributed by atoms with E-state index in [0.717, 1.165) is 5.69 Å². The quantitative estimate of drug-likeness (QED) is 0.771. The molecule has 1 aromatic rings. The molecular formula is C12H21N3O2. The van der Waals surface area contributed by atoms with Crippen molar-refractivity contribution in [3.05, 3.63) is 27.9 Å². The Morgan fingerprint density at radius 1 is 1.47 bits per heavy atom. The number of rotatable bonds is 5. The van der Waals surface area contributed by atoms with Crippen LogP contribution in [-0.4, -0.2) is 33.3 Å². The molecule has 0 saturated heterocycles. The van der Waals surface area contributed by atoms with Gasteiger partial charge in [-0.2, -0.15) is 4.98 Å². The van der Waals surface area contributed by atoms with Gasteiger partial charge in [-0.25, -0.2) is 4.79 Å². The maximum atomic E-state index is 11.7. The fourth-order valence-corrected chi connectivity index (χ4v) is 1.64. The van der Waals surface area contributed by atoms with Crippen molar-refractivity contribution in [2.45, 2.75) is 46.4 Å². The minimum atomic E-state index is -0.585. The summed E-state index contributed by atoms with van der Waals surface area (Å²) >= 11 is 0. The number of aryl methyl sites for hydroxylation is 2. The number of aliphatic hydroxyl groups excluding tert-OH is 1. The van der Waals surface area contributed by atoms with Gasteiger partial charge in [0.15, 0.2) is 0 Å². The molecule has 1 aromatic heterocycles. The number of aliphatic hydroxyl groups is 1. The second kappa shape index (κ2) is 5.93. The van der Waals surface area contributed by atoms with Crippen molar-refractivity contribution < 1.29 is 5.11 Å². The lowest BCUT2D eigenvalue weighted by Gasteiger charge is -2.16. The average Bonchev–Trinajstić information content (AvgIpc) is 2.20. The molecule has 0 saturated carbocycles. The van der Waals surface area contributed by atoms with Crippen molar-refractivity contribution >= 4 is 0 Å². The zero-order chi connectivity index (χ0) is 13.0. The van der Waals surface area contributed by atoms with Gasteiger partial charge in [-0.1, -0.05) is 13.8 Å². The summed E-state index contributed by atoms with van der Waals surface area (Å²) in [5.41, 5.74) is 1.23. The third-order valence-corrected chi connectivity index (χ3v) is 2.50. The van der Waals surface area contributed by atoms with Crippen LogP contribution in [0.15, 0.2) is 10.9 Å². The lowest BCUT2D eigenvalue weighted by atomic mass is 10.3. The molecular weight excluding hydrogens is 218 g/mol. The molecule has 17 heavy (non-hydrogen) atoms. The fourth-order valence-electron chi connectivity index (χ4n) is 1.64. The molecule has 0 amide bonds. The summed E-state index contributed by atoms with van der Waals surface area (Å²) in [6.45, 7) is 8.40. The van der Waals surface area contributed by atoms with Gasteiger partial charge in [-0.15, -0.1) is 0 Å². The van der Waals surface area contributed by atoms with E-state index in [9.17, 15) is 9.90 Å². The second-order valence-electron chi connectivity index (χ2n) is 4.65. The van der Waals surface area contributed by atoms with Gasteiger partial charge in [0.2, 0.25) is 0 Å². The highest BCUT2D eigenvalue weighted by Gasteiger charge is 2.09. The van der Waals surface area contributed by atoms with Crippen molar-refractivity contribution in [2.75, 3.05) is 6.54 Å². The van der Waals surface area contributed by atoms with E-state index in [1.165, 1.54) is 4.57 Å². The summed E-state index contributed by atoms with van der Waals surface area (Å²) < 4.78 is 1.50. The highest BCUT2D eigenvalue weighted by molar-refractivity contribution is 5.06. The highest BCUT2D eigenvalue weighted by Crippen LogP contribution is 1.98. The van der Waals surface area contributed by atoms with Crippen LogP contribution in [0.3, 0.4) is 0 Å². The van der Waals surface area contributed by atoms with Gasteiger partial charge in [-0.3, -0.25) is 4.57 Å². The molecule has 0 fully saturated rings. The first-order chi connectivity index (χ1) is 7.90. The topological polar surface area (TPSA) is 67.2 Å². The normalized spacial score (nSPS) is 13.1. The maximum Gasteiger partial charge on any atom is 0.348 e. The van der Waals surface area contributed by atoms with Crippen LogP contribution in [0.2, 0.25) is 0 Å². The minimum Gasteiger partial charge on any atom is -0.390 e. The number of hydrogen-bond donors (Lipinski definition) is 2. The van der Waals surface area contributed by atoms with Crippen molar-refractivity contribution in [1.29, 1.82) is 0 Å². The average molecular weight is 239 g/mol. The first-order valence-electron chi connectivity index (χ1n) is 5.86. The van der Waals surface area contributed by atoms with Gasteiger partial charge < -0.3 is 10.4 Å². The molecule has 0 bridgehead atoms. The zero-order valence-corrected chi connectivity index (χ0v) is 10.9. The number of hydrogen-bond acceptors (Lipinski definition) is 4. The monoisotopic (exact) mass is 239 g/mol. The summed E-state index contributed by atoms with van der Waals surface area (Å²) in [6.07, 6.45) is -0.585. The lowest BCUT2D eigenvalue weighted by Crippen LogP contribution is -2.37. The molecule has 0 aliphatic rings. The molecule has 0 aromatic carbocycles. The number of aromatic nitrogens is 2. The fraction of sp³-hybridized carbons (Fsp3) is 0.667. The van der Waals surface area contributed by atoms with Crippen LogP contribution >= 0.6 is 0 Å². The van der Waals surface area contributed by atoms with Gasteiger partial charge in [-0.05, 0) is 19.9 Å². The van der Waals surface area contributed by atoms with E-state index in [1.807, 2.05) is 26.8 Å². The SMILES string of the molecule is Cc1cc(C)n(CC(O)CNC(C)C)c(=O)n1. The van der Waals surface area contributed by atoms with Crippen molar-refractivity contribution in [2.24, 2.45) is 0 Å². The lowest BCUT2D eigenvalue weighted by molar-refractivity contribution is 0.146. The second-order valence-corrected chi connectivity index (χ2v) is 4.65. The summed E-state index contributed by atoms with van der Waals surface area (Å²) in [5, 5.41) is 12.9. The standard InChI is InChI=1S/C12H21N3O2/c1-8(2)13-6-11(16)7-15-10(4)5-9(3)14-12(15)17/h5,8,11,13,16H,6-7H2,1-4H3. The van der Waals surface area contributed by atoms with E-state index in [0.29, 0.717) is 18.3 Å². The van der Waals surface area contributed by atoms with Gasteiger partial charge in [0, 0.05) is 24.0 Å². The van der Waals surface area contributed by atoms with Gasteiger partial charge in [0.25, 0.3) is 0 Å². The molecule has 2 N–H and O–H groups in total. The smallest absolute Gasteiger partial charge is 0.348 e. The summed E-state index contributed by atoms with van der Waals surface area (Å²) in [4.78, 5) is 15.5. The van der Waals surface area contributed by atoms with Crippen LogP contribution in [0, 0.1) is 13.8 Å². The molecule has 1 atom stereocenters. The molecule has 0 radical (unpaired) electrons. The van der Waals surface area contributed by atoms with Crippen LogP contribution in [0.1, 0.15) is 25.2 Å². The summed E-state index contributed by atoms with van der Waals surface area (Å²) in [6, 6.07) is 2.16. The largest absolute Gasteiger partial charge is 0.390 e. The third kappa shape index (κ3) is 4.28. The Kier molecular flexibility index (Phi) is 4.84. The van der Waals surface area contributed by atoms with Crippen molar-refractivity contribution in [1.82, 2.24) is 14.9 Å². The van der Waals surface area contributed by atoms with Gasteiger partial charge >= 0.3 is 5.69 Å². The minimum absolute atomic E-state index is 0.275. The zero-order valence-electron chi connectivity index (χ0n) is 10.9. The maximum absolute atomic E-state index is 11.7. The Bertz CT molecular complexity index is 426. The molecule has 0 spiro atoms. The van der Waals surface area contributed by atoms with Gasteiger partial charge in [0.05, 0.1) is 12.6 Å². The van der Waals surface area contributed by atoms with Crippen LogP contribution in [0.5, 0.6) is 0 Å². The molecule has 5 nitrogen and oxygen atoms in total. The molecule has 1 rings (SSSR count). The number of nitrogens with zero attached hydrogens (tertiary/aromatic N) is 2. The van der Waals surface area contributed by atoms with Crippen molar-refractivity contribution in [3.63, 3.8) is 0 Å². The highest BCUT2D eigenvalue weighted by atomic mass is 16.3. The van der Waals surface area contributed by atoms with E-state index in [1.54, 1.807) is 6.92 Å².